The minimum absolute atomic E-state index is 0.347. The topological polar surface area (TPSA) is 58.9 Å². The predicted molar refractivity (Wildman–Crippen MR) is 42.2 cm³/mol. The highest BCUT2D eigenvalue weighted by Crippen LogP contribution is 2.32. The minimum atomic E-state index is -0.720. The number of hydrogen-bond acceptors (Lipinski definition) is 4. The number of hydrogen-bond donors (Lipinski definition) is 2. The zero-order valence-corrected chi connectivity index (χ0v) is 7.16. The summed E-state index contributed by atoms with van der Waals surface area (Å²) in [6.45, 7) is -0.694. The van der Waals surface area contributed by atoms with Crippen molar-refractivity contribution in [1.82, 2.24) is 0 Å². The fraction of sp³-hybridized carbons (Fsp3) is 1.00. The first-order chi connectivity index (χ1) is 5.83. The van der Waals surface area contributed by atoms with Gasteiger partial charge in [0.15, 0.2) is 5.79 Å². The van der Waals surface area contributed by atoms with Crippen LogP contribution in [-0.2, 0) is 9.47 Å². The molecule has 0 spiro atoms. The molecule has 2 N–H and O–H groups in total. The van der Waals surface area contributed by atoms with Crippen molar-refractivity contribution < 1.29 is 19.7 Å². The number of aliphatic hydroxyl groups is 2. The van der Waals surface area contributed by atoms with Crippen molar-refractivity contribution in [2.75, 3.05) is 13.6 Å². The second-order valence-electron chi connectivity index (χ2n) is 3.02. The average Bonchev–Trinajstić information content (AvgIpc) is 2.07. The fourth-order valence-electron chi connectivity index (χ4n) is 1.66. The van der Waals surface area contributed by atoms with Gasteiger partial charge in [-0.05, 0) is 12.8 Å². The Kier molecular flexibility index (Phi) is 3.94. The molecular formula is C8H16O4. The summed E-state index contributed by atoms with van der Waals surface area (Å²) >= 11 is 0. The Morgan fingerprint density at radius 1 is 0.917 bits per heavy atom. The zero-order valence-electron chi connectivity index (χ0n) is 7.16. The standard InChI is InChI=1S/C8H16O4/c9-6-11-8(12-7-10)4-2-1-3-5-8/h9-10H,1-7H2. The molecule has 4 heteroatoms. The summed E-state index contributed by atoms with van der Waals surface area (Å²) in [6, 6.07) is 0. The van der Waals surface area contributed by atoms with Gasteiger partial charge in [0, 0.05) is 12.8 Å². The van der Waals surface area contributed by atoms with Gasteiger partial charge in [-0.3, -0.25) is 0 Å². The molecule has 0 bridgehead atoms. The Bertz CT molecular complexity index is 105. The zero-order chi connectivity index (χ0) is 8.86. The van der Waals surface area contributed by atoms with Crippen LogP contribution in [0.25, 0.3) is 0 Å². The first kappa shape index (κ1) is 9.92. The molecule has 1 rings (SSSR count). The summed E-state index contributed by atoms with van der Waals surface area (Å²) < 4.78 is 10.2. The molecule has 1 fully saturated rings. The van der Waals surface area contributed by atoms with Gasteiger partial charge in [-0.2, -0.15) is 0 Å². The highest BCUT2D eigenvalue weighted by molar-refractivity contribution is 4.74. The first-order valence-corrected chi connectivity index (χ1v) is 4.33. The number of rotatable bonds is 4. The summed E-state index contributed by atoms with van der Waals surface area (Å²) in [7, 11) is 0. The van der Waals surface area contributed by atoms with Gasteiger partial charge in [-0.25, -0.2) is 0 Å². The maximum absolute atomic E-state index is 8.63. The Morgan fingerprint density at radius 3 is 1.83 bits per heavy atom. The molecule has 0 atom stereocenters. The van der Waals surface area contributed by atoms with Crippen molar-refractivity contribution in [3.05, 3.63) is 0 Å². The van der Waals surface area contributed by atoms with Gasteiger partial charge >= 0.3 is 0 Å². The van der Waals surface area contributed by atoms with Crippen LogP contribution >= 0.6 is 0 Å². The van der Waals surface area contributed by atoms with E-state index in [2.05, 4.69) is 0 Å². The molecule has 4 nitrogen and oxygen atoms in total. The third-order valence-corrected chi connectivity index (χ3v) is 2.27. The van der Waals surface area contributed by atoms with E-state index < -0.39 is 5.79 Å². The molecular weight excluding hydrogens is 160 g/mol. The van der Waals surface area contributed by atoms with Gasteiger partial charge in [-0.1, -0.05) is 6.42 Å². The molecule has 0 radical (unpaired) electrons. The van der Waals surface area contributed by atoms with Gasteiger partial charge < -0.3 is 19.7 Å². The molecule has 0 heterocycles. The summed E-state index contributed by atoms with van der Waals surface area (Å²) in [5, 5.41) is 17.3. The first-order valence-electron chi connectivity index (χ1n) is 4.33. The van der Waals surface area contributed by atoms with E-state index in [1.807, 2.05) is 0 Å². The third-order valence-electron chi connectivity index (χ3n) is 2.27. The van der Waals surface area contributed by atoms with Crippen LogP contribution in [-0.4, -0.2) is 29.6 Å². The molecule has 0 unspecified atom stereocenters. The second kappa shape index (κ2) is 4.77. The van der Waals surface area contributed by atoms with Crippen LogP contribution in [0.3, 0.4) is 0 Å². The van der Waals surface area contributed by atoms with Crippen molar-refractivity contribution in [1.29, 1.82) is 0 Å². The lowest BCUT2D eigenvalue weighted by atomic mass is 9.94. The monoisotopic (exact) mass is 176 g/mol. The highest BCUT2D eigenvalue weighted by Gasteiger charge is 2.33. The molecule has 0 aromatic carbocycles. The van der Waals surface area contributed by atoms with Crippen LogP contribution in [0.5, 0.6) is 0 Å². The third kappa shape index (κ3) is 2.42. The Morgan fingerprint density at radius 2 is 1.42 bits per heavy atom. The van der Waals surface area contributed by atoms with Crippen LogP contribution in [0, 0.1) is 0 Å². The molecule has 1 saturated carbocycles. The molecule has 0 aromatic heterocycles. The molecule has 12 heavy (non-hydrogen) atoms. The summed E-state index contributed by atoms with van der Waals surface area (Å²) in [4.78, 5) is 0. The molecule has 0 aromatic rings. The normalized spacial score (nSPS) is 22.5. The quantitative estimate of drug-likeness (QED) is 0.615. The minimum Gasteiger partial charge on any atom is -0.371 e. The van der Waals surface area contributed by atoms with E-state index in [1.165, 1.54) is 6.42 Å². The SMILES string of the molecule is OCOC1(OCO)CCCCC1. The molecule has 0 saturated heterocycles. The lowest BCUT2D eigenvalue weighted by molar-refractivity contribution is -0.298. The Labute approximate surface area is 72.1 Å². The van der Waals surface area contributed by atoms with E-state index in [9.17, 15) is 0 Å². The summed E-state index contributed by atoms with van der Waals surface area (Å²) in [6.07, 6.45) is 4.74. The van der Waals surface area contributed by atoms with E-state index in [0.717, 1.165) is 25.7 Å². The van der Waals surface area contributed by atoms with Crippen LogP contribution in [0.1, 0.15) is 32.1 Å². The number of aliphatic hydroxyl groups excluding tert-OH is 2. The van der Waals surface area contributed by atoms with Crippen molar-refractivity contribution in [2.24, 2.45) is 0 Å². The molecule has 0 amide bonds. The van der Waals surface area contributed by atoms with Gasteiger partial charge in [0.25, 0.3) is 0 Å². The maximum Gasteiger partial charge on any atom is 0.173 e. The molecule has 1 aliphatic rings. The van der Waals surface area contributed by atoms with E-state index >= 15 is 0 Å². The largest absolute Gasteiger partial charge is 0.371 e. The van der Waals surface area contributed by atoms with Crippen molar-refractivity contribution in [3.63, 3.8) is 0 Å². The van der Waals surface area contributed by atoms with Crippen LogP contribution in [0.2, 0.25) is 0 Å². The maximum atomic E-state index is 8.63. The van der Waals surface area contributed by atoms with Gasteiger partial charge in [-0.15, -0.1) is 0 Å². The van der Waals surface area contributed by atoms with Crippen LogP contribution < -0.4 is 0 Å². The van der Waals surface area contributed by atoms with Crippen LogP contribution in [0.15, 0.2) is 0 Å². The number of ether oxygens (including phenoxy) is 2. The van der Waals surface area contributed by atoms with Gasteiger partial charge in [0.1, 0.15) is 13.6 Å². The van der Waals surface area contributed by atoms with Crippen molar-refractivity contribution >= 4 is 0 Å². The second-order valence-corrected chi connectivity index (χ2v) is 3.02. The van der Waals surface area contributed by atoms with Crippen molar-refractivity contribution in [2.45, 2.75) is 37.9 Å². The highest BCUT2D eigenvalue weighted by atomic mass is 16.8. The van der Waals surface area contributed by atoms with E-state index in [0.29, 0.717) is 0 Å². The van der Waals surface area contributed by atoms with Crippen LogP contribution in [0.4, 0.5) is 0 Å². The summed E-state index contributed by atoms with van der Waals surface area (Å²) in [5.41, 5.74) is 0. The fourth-order valence-corrected chi connectivity index (χ4v) is 1.66. The lowest BCUT2D eigenvalue weighted by Gasteiger charge is -2.35. The smallest absolute Gasteiger partial charge is 0.173 e. The molecule has 1 aliphatic carbocycles. The van der Waals surface area contributed by atoms with Crippen molar-refractivity contribution in [3.8, 4) is 0 Å². The van der Waals surface area contributed by atoms with E-state index in [-0.39, 0.29) is 13.6 Å². The Hall–Kier alpha value is -0.160. The predicted octanol–water partition coefficient (Wildman–Crippen LogP) is 0.580. The van der Waals surface area contributed by atoms with E-state index in [4.69, 9.17) is 19.7 Å². The van der Waals surface area contributed by atoms with E-state index in [1.54, 1.807) is 0 Å². The van der Waals surface area contributed by atoms with Gasteiger partial charge in [0.05, 0.1) is 0 Å². The summed E-state index contributed by atoms with van der Waals surface area (Å²) in [5.74, 6) is -0.720. The molecule has 72 valence electrons. The average molecular weight is 176 g/mol. The lowest BCUT2D eigenvalue weighted by Crippen LogP contribution is -2.38. The van der Waals surface area contributed by atoms with Gasteiger partial charge in [0.2, 0.25) is 0 Å². The molecule has 0 aliphatic heterocycles. The Balaban J connectivity index is 2.44.